The van der Waals surface area contributed by atoms with Crippen molar-refractivity contribution in [1.29, 1.82) is 0 Å². The highest BCUT2D eigenvalue weighted by atomic mass is 16.5. The minimum absolute atomic E-state index is 0.0766. The molecule has 0 fully saturated rings. The van der Waals surface area contributed by atoms with Crippen LogP contribution in [0.5, 0.6) is 5.75 Å². The maximum atomic E-state index is 5.64. The summed E-state index contributed by atoms with van der Waals surface area (Å²) in [6.07, 6.45) is 0. The van der Waals surface area contributed by atoms with E-state index in [2.05, 4.69) is 35.4 Å². The van der Waals surface area contributed by atoms with Crippen molar-refractivity contribution in [3.8, 4) is 5.75 Å². The second kappa shape index (κ2) is 5.01. The number of benzene rings is 1. The van der Waals surface area contributed by atoms with E-state index in [1.54, 1.807) is 0 Å². The SMILES string of the molecule is CC(C)NCc1nc(C2COc3ccccc32)no1. The van der Waals surface area contributed by atoms with Crippen molar-refractivity contribution < 1.29 is 9.26 Å². The predicted octanol–water partition coefficient (Wildman–Crippen LogP) is 2.09. The van der Waals surface area contributed by atoms with E-state index in [-0.39, 0.29) is 5.92 Å². The Labute approximate surface area is 112 Å². The first kappa shape index (κ1) is 12.2. The number of hydrogen-bond acceptors (Lipinski definition) is 5. The van der Waals surface area contributed by atoms with Crippen molar-refractivity contribution in [1.82, 2.24) is 15.5 Å². The molecule has 1 atom stereocenters. The molecule has 0 radical (unpaired) electrons. The lowest BCUT2D eigenvalue weighted by Crippen LogP contribution is -2.22. The lowest BCUT2D eigenvalue weighted by molar-refractivity contribution is 0.329. The Balaban J connectivity index is 1.77. The van der Waals surface area contributed by atoms with Crippen molar-refractivity contribution in [2.24, 2.45) is 0 Å². The fraction of sp³-hybridized carbons (Fsp3) is 0.429. The minimum Gasteiger partial charge on any atom is -0.492 e. The molecule has 5 nitrogen and oxygen atoms in total. The molecule has 0 saturated carbocycles. The molecule has 1 N–H and O–H groups in total. The average molecular weight is 259 g/mol. The summed E-state index contributed by atoms with van der Waals surface area (Å²) in [6.45, 7) is 5.34. The third-order valence-corrected chi connectivity index (χ3v) is 3.16. The average Bonchev–Trinajstić information content (AvgIpc) is 3.02. The lowest BCUT2D eigenvalue weighted by atomic mass is 10.0. The second-order valence-electron chi connectivity index (χ2n) is 4.98. The number of nitrogens with one attached hydrogen (secondary N) is 1. The number of ether oxygens (including phenoxy) is 1. The number of para-hydroxylation sites is 1. The van der Waals surface area contributed by atoms with Crippen LogP contribution in [0.3, 0.4) is 0 Å². The Morgan fingerprint density at radius 2 is 2.21 bits per heavy atom. The van der Waals surface area contributed by atoms with Crippen molar-refractivity contribution in [3.63, 3.8) is 0 Å². The summed E-state index contributed by atoms with van der Waals surface area (Å²) < 4.78 is 10.9. The highest BCUT2D eigenvalue weighted by Crippen LogP contribution is 2.36. The van der Waals surface area contributed by atoms with Crippen molar-refractivity contribution in [3.05, 3.63) is 41.5 Å². The zero-order valence-electron chi connectivity index (χ0n) is 11.1. The van der Waals surface area contributed by atoms with E-state index in [4.69, 9.17) is 9.26 Å². The lowest BCUT2D eigenvalue weighted by Gasteiger charge is -2.03. The maximum absolute atomic E-state index is 5.64. The zero-order valence-corrected chi connectivity index (χ0v) is 11.1. The molecule has 19 heavy (non-hydrogen) atoms. The van der Waals surface area contributed by atoms with E-state index in [1.165, 1.54) is 0 Å². The zero-order chi connectivity index (χ0) is 13.2. The van der Waals surface area contributed by atoms with Crippen LogP contribution in [0, 0.1) is 0 Å². The molecule has 3 rings (SSSR count). The first-order valence-corrected chi connectivity index (χ1v) is 6.51. The van der Waals surface area contributed by atoms with Crippen molar-refractivity contribution in [2.75, 3.05) is 6.61 Å². The highest BCUT2D eigenvalue weighted by molar-refractivity contribution is 5.42. The molecule has 0 spiro atoms. The molecule has 2 heterocycles. The first-order valence-electron chi connectivity index (χ1n) is 6.51. The van der Waals surface area contributed by atoms with Crippen LogP contribution in [0.1, 0.15) is 37.0 Å². The molecule has 5 heteroatoms. The third-order valence-electron chi connectivity index (χ3n) is 3.16. The molecule has 0 saturated heterocycles. The van der Waals surface area contributed by atoms with Crippen LogP contribution in [0.4, 0.5) is 0 Å². The fourth-order valence-electron chi connectivity index (χ4n) is 2.15. The van der Waals surface area contributed by atoms with Crippen LogP contribution < -0.4 is 10.1 Å². The topological polar surface area (TPSA) is 60.2 Å². The van der Waals surface area contributed by atoms with Crippen LogP contribution in [0.2, 0.25) is 0 Å². The van der Waals surface area contributed by atoms with Gasteiger partial charge in [-0.2, -0.15) is 4.98 Å². The molecule has 0 aliphatic carbocycles. The van der Waals surface area contributed by atoms with Gasteiger partial charge in [0.05, 0.1) is 12.5 Å². The van der Waals surface area contributed by atoms with Gasteiger partial charge < -0.3 is 14.6 Å². The number of aromatic nitrogens is 2. The van der Waals surface area contributed by atoms with E-state index in [0.717, 1.165) is 11.3 Å². The summed E-state index contributed by atoms with van der Waals surface area (Å²) in [4.78, 5) is 4.44. The Morgan fingerprint density at radius 3 is 3.05 bits per heavy atom. The van der Waals surface area contributed by atoms with E-state index >= 15 is 0 Å². The van der Waals surface area contributed by atoms with Gasteiger partial charge in [-0.3, -0.25) is 0 Å². The molecule has 100 valence electrons. The summed E-state index contributed by atoms with van der Waals surface area (Å²) in [5, 5.41) is 7.33. The first-order chi connectivity index (χ1) is 9.24. The molecule has 1 aliphatic heterocycles. The number of fused-ring (bicyclic) bond motifs is 1. The summed E-state index contributed by atoms with van der Waals surface area (Å²) >= 11 is 0. The monoisotopic (exact) mass is 259 g/mol. The largest absolute Gasteiger partial charge is 0.492 e. The minimum atomic E-state index is 0.0766. The van der Waals surface area contributed by atoms with Gasteiger partial charge in [0.15, 0.2) is 5.82 Å². The second-order valence-corrected chi connectivity index (χ2v) is 4.98. The van der Waals surface area contributed by atoms with E-state index in [1.807, 2.05) is 18.2 Å². The Bertz CT molecular complexity index is 565. The van der Waals surface area contributed by atoms with Gasteiger partial charge in [0.1, 0.15) is 12.4 Å². The maximum Gasteiger partial charge on any atom is 0.240 e. The smallest absolute Gasteiger partial charge is 0.240 e. The van der Waals surface area contributed by atoms with Gasteiger partial charge in [-0.05, 0) is 6.07 Å². The standard InChI is InChI=1S/C14H17N3O2/c1-9(2)15-7-13-16-14(17-19-13)11-8-18-12-6-4-3-5-10(11)12/h3-6,9,11,15H,7-8H2,1-2H3. The molecule has 1 unspecified atom stereocenters. The normalized spacial score (nSPS) is 17.5. The van der Waals surface area contributed by atoms with Crippen LogP contribution in [-0.2, 0) is 6.54 Å². The summed E-state index contributed by atoms with van der Waals surface area (Å²) in [6, 6.07) is 8.38. The van der Waals surface area contributed by atoms with Gasteiger partial charge in [-0.25, -0.2) is 0 Å². The van der Waals surface area contributed by atoms with Gasteiger partial charge in [0, 0.05) is 11.6 Å². The molecule has 1 aromatic heterocycles. The van der Waals surface area contributed by atoms with Gasteiger partial charge in [0.25, 0.3) is 0 Å². The van der Waals surface area contributed by atoms with Gasteiger partial charge >= 0.3 is 0 Å². The summed E-state index contributed by atoms with van der Waals surface area (Å²) in [5.74, 6) is 2.31. The predicted molar refractivity (Wildman–Crippen MR) is 70.1 cm³/mol. The van der Waals surface area contributed by atoms with Gasteiger partial charge in [-0.15, -0.1) is 0 Å². The summed E-state index contributed by atoms with van der Waals surface area (Å²) in [5.41, 5.74) is 1.13. The van der Waals surface area contributed by atoms with Crippen LogP contribution in [0.25, 0.3) is 0 Å². The van der Waals surface area contributed by atoms with E-state index in [0.29, 0.717) is 30.9 Å². The van der Waals surface area contributed by atoms with Crippen LogP contribution >= 0.6 is 0 Å². The number of hydrogen-bond donors (Lipinski definition) is 1. The van der Waals surface area contributed by atoms with Crippen molar-refractivity contribution >= 4 is 0 Å². The molecule has 1 aromatic carbocycles. The highest BCUT2D eigenvalue weighted by Gasteiger charge is 2.29. The molecule has 0 bridgehead atoms. The third kappa shape index (κ3) is 2.46. The number of rotatable bonds is 4. The quantitative estimate of drug-likeness (QED) is 0.911. The van der Waals surface area contributed by atoms with E-state index < -0.39 is 0 Å². The van der Waals surface area contributed by atoms with Gasteiger partial charge in [-0.1, -0.05) is 37.2 Å². The van der Waals surface area contributed by atoms with E-state index in [9.17, 15) is 0 Å². The molecule has 1 aliphatic rings. The fourth-order valence-corrected chi connectivity index (χ4v) is 2.15. The molecule has 0 amide bonds. The van der Waals surface area contributed by atoms with Crippen LogP contribution in [0.15, 0.2) is 28.8 Å². The Kier molecular flexibility index (Phi) is 3.21. The number of nitrogens with zero attached hydrogens (tertiary/aromatic N) is 2. The Hall–Kier alpha value is -1.88. The van der Waals surface area contributed by atoms with Crippen molar-refractivity contribution in [2.45, 2.75) is 32.4 Å². The summed E-state index contributed by atoms with van der Waals surface area (Å²) in [7, 11) is 0. The molecular weight excluding hydrogens is 242 g/mol. The molecular formula is C14H17N3O2. The van der Waals surface area contributed by atoms with Crippen LogP contribution in [-0.4, -0.2) is 22.8 Å². The molecule has 2 aromatic rings. The van der Waals surface area contributed by atoms with Gasteiger partial charge in [0.2, 0.25) is 5.89 Å². The Morgan fingerprint density at radius 1 is 1.37 bits per heavy atom.